The lowest BCUT2D eigenvalue weighted by Gasteiger charge is -2.26. The van der Waals surface area contributed by atoms with Crippen LogP contribution in [0.1, 0.15) is 24.2 Å². The van der Waals surface area contributed by atoms with Crippen molar-refractivity contribution in [2.24, 2.45) is 0 Å². The summed E-state index contributed by atoms with van der Waals surface area (Å²) in [5, 5.41) is 9.78. The summed E-state index contributed by atoms with van der Waals surface area (Å²) in [4.78, 5) is 13.8. The van der Waals surface area contributed by atoms with Crippen LogP contribution in [-0.4, -0.2) is 35.1 Å². The zero-order chi connectivity index (χ0) is 13.0. The number of benzene rings is 1. The molecule has 0 saturated carbocycles. The van der Waals surface area contributed by atoms with E-state index in [0.29, 0.717) is 15.6 Å². The molecule has 0 bridgehead atoms. The molecule has 0 saturated heterocycles. The SMILES string of the molecule is CC(C)N(CCO)C(=O)c1cc(Cl)ccc1Cl. The molecule has 0 atom stereocenters. The fourth-order valence-corrected chi connectivity index (χ4v) is 1.89. The zero-order valence-electron chi connectivity index (χ0n) is 9.78. The van der Waals surface area contributed by atoms with Gasteiger partial charge in [0.2, 0.25) is 0 Å². The molecule has 0 fully saturated rings. The summed E-state index contributed by atoms with van der Waals surface area (Å²) < 4.78 is 0. The molecule has 1 rings (SSSR count). The molecule has 0 aliphatic carbocycles. The summed E-state index contributed by atoms with van der Waals surface area (Å²) in [6.07, 6.45) is 0. The van der Waals surface area contributed by atoms with Crippen molar-refractivity contribution < 1.29 is 9.90 Å². The lowest BCUT2D eigenvalue weighted by Crippen LogP contribution is -2.39. The molecule has 5 heteroatoms. The quantitative estimate of drug-likeness (QED) is 0.918. The van der Waals surface area contributed by atoms with Gasteiger partial charge in [-0.2, -0.15) is 0 Å². The van der Waals surface area contributed by atoms with E-state index in [0.717, 1.165) is 0 Å². The van der Waals surface area contributed by atoms with E-state index >= 15 is 0 Å². The average molecular weight is 276 g/mol. The first-order chi connectivity index (χ1) is 7.97. The Morgan fingerprint density at radius 3 is 2.59 bits per heavy atom. The minimum atomic E-state index is -0.221. The molecule has 3 nitrogen and oxygen atoms in total. The van der Waals surface area contributed by atoms with Crippen molar-refractivity contribution in [1.29, 1.82) is 0 Å². The van der Waals surface area contributed by atoms with Crippen molar-refractivity contribution in [3.05, 3.63) is 33.8 Å². The number of carbonyl (C=O) groups is 1. The van der Waals surface area contributed by atoms with E-state index in [2.05, 4.69) is 0 Å². The molecular weight excluding hydrogens is 261 g/mol. The van der Waals surface area contributed by atoms with Crippen molar-refractivity contribution >= 4 is 29.1 Å². The second kappa shape index (κ2) is 6.24. The number of rotatable bonds is 4. The summed E-state index contributed by atoms with van der Waals surface area (Å²) >= 11 is 11.8. The predicted molar refractivity (Wildman–Crippen MR) is 69.7 cm³/mol. The van der Waals surface area contributed by atoms with Gasteiger partial charge in [0, 0.05) is 17.6 Å². The van der Waals surface area contributed by atoms with Gasteiger partial charge in [0.05, 0.1) is 17.2 Å². The Kier molecular flexibility index (Phi) is 5.25. The van der Waals surface area contributed by atoms with Gasteiger partial charge in [0.1, 0.15) is 0 Å². The summed E-state index contributed by atoms with van der Waals surface area (Å²) in [5.41, 5.74) is 0.362. The van der Waals surface area contributed by atoms with Crippen LogP contribution < -0.4 is 0 Å². The Labute approximate surface area is 111 Å². The highest BCUT2D eigenvalue weighted by atomic mass is 35.5. The molecular formula is C12H15Cl2NO2. The maximum absolute atomic E-state index is 12.2. The third-order valence-electron chi connectivity index (χ3n) is 2.38. The van der Waals surface area contributed by atoms with Crippen molar-refractivity contribution in [1.82, 2.24) is 4.90 Å². The highest BCUT2D eigenvalue weighted by Crippen LogP contribution is 2.22. The summed E-state index contributed by atoms with van der Waals surface area (Å²) in [7, 11) is 0. The van der Waals surface area contributed by atoms with Crippen LogP contribution in [0, 0.1) is 0 Å². The van der Waals surface area contributed by atoms with Crippen LogP contribution in [0.15, 0.2) is 18.2 Å². The highest BCUT2D eigenvalue weighted by Gasteiger charge is 2.20. The van der Waals surface area contributed by atoms with E-state index in [4.69, 9.17) is 28.3 Å². The second-order valence-electron chi connectivity index (χ2n) is 3.94. The topological polar surface area (TPSA) is 40.5 Å². The van der Waals surface area contributed by atoms with Crippen LogP contribution in [0.2, 0.25) is 10.0 Å². The molecule has 1 aromatic carbocycles. The van der Waals surface area contributed by atoms with Gasteiger partial charge in [-0.3, -0.25) is 4.79 Å². The normalized spacial score (nSPS) is 10.7. The summed E-state index contributed by atoms with van der Waals surface area (Å²) in [6.45, 7) is 3.96. The Morgan fingerprint density at radius 2 is 2.06 bits per heavy atom. The van der Waals surface area contributed by atoms with Crippen LogP contribution in [0.3, 0.4) is 0 Å². The molecule has 0 aromatic heterocycles. The van der Waals surface area contributed by atoms with Crippen LogP contribution in [0.25, 0.3) is 0 Å². The van der Waals surface area contributed by atoms with Crippen LogP contribution in [0.5, 0.6) is 0 Å². The first kappa shape index (κ1) is 14.3. The van der Waals surface area contributed by atoms with Crippen LogP contribution in [-0.2, 0) is 0 Å². The van der Waals surface area contributed by atoms with Crippen molar-refractivity contribution in [3.63, 3.8) is 0 Å². The van der Waals surface area contributed by atoms with Crippen molar-refractivity contribution in [2.45, 2.75) is 19.9 Å². The number of nitrogens with zero attached hydrogens (tertiary/aromatic N) is 1. The number of amides is 1. The molecule has 1 N–H and O–H groups in total. The van der Waals surface area contributed by atoms with Gasteiger partial charge in [0.15, 0.2) is 0 Å². The Hall–Kier alpha value is -0.770. The molecule has 0 heterocycles. The Bertz CT molecular complexity index is 407. The second-order valence-corrected chi connectivity index (χ2v) is 4.78. The molecule has 17 heavy (non-hydrogen) atoms. The lowest BCUT2D eigenvalue weighted by molar-refractivity contribution is 0.0665. The summed E-state index contributed by atoms with van der Waals surface area (Å²) in [5.74, 6) is -0.221. The van der Waals surface area contributed by atoms with Gasteiger partial charge in [-0.15, -0.1) is 0 Å². The molecule has 0 spiro atoms. The molecule has 1 aromatic rings. The van der Waals surface area contributed by atoms with Gasteiger partial charge >= 0.3 is 0 Å². The largest absolute Gasteiger partial charge is 0.395 e. The molecule has 94 valence electrons. The van der Waals surface area contributed by atoms with Crippen LogP contribution in [0.4, 0.5) is 0 Å². The first-order valence-electron chi connectivity index (χ1n) is 5.34. The van der Waals surface area contributed by atoms with E-state index in [1.165, 1.54) is 0 Å². The minimum absolute atomic E-state index is 0.00954. The predicted octanol–water partition coefficient (Wildman–Crippen LogP) is 2.84. The van der Waals surface area contributed by atoms with E-state index in [1.807, 2.05) is 13.8 Å². The zero-order valence-corrected chi connectivity index (χ0v) is 11.3. The maximum Gasteiger partial charge on any atom is 0.255 e. The number of aliphatic hydroxyl groups excluding tert-OH is 1. The molecule has 0 aliphatic rings. The molecule has 0 aliphatic heterocycles. The van der Waals surface area contributed by atoms with Crippen LogP contribution >= 0.6 is 23.2 Å². The van der Waals surface area contributed by atoms with Crippen molar-refractivity contribution in [3.8, 4) is 0 Å². The van der Waals surface area contributed by atoms with Crippen molar-refractivity contribution in [2.75, 3.05) is 13.2 Å². The van der Waals surface area contributed by atoms with Gasteiger partial charge < -0.3 is 10.0 Å². The fourth-order valence-electron chi connectivity index (χ4n) is 1.52. The Morgan fingerprint density at radius 1 is 1.41 bits per heavy atom. The van der Waals surface area contributed by atoms with E-state index in [-0.39, 0.29) is 25.1 Å². The highest BCUT2D eigenvalue weighted by molar-refractivity contribution is 6.35. The van der Waals surface area contributed by atoms with Gasteiger partial charge in [-0.1, -0.05) is 23.2 Å². The Balaban J connectivity index is 3.04. The maximum atomic E-state index is 12.2. The van der Waals surface area contributed by atoms with Gasteiger partial charge in [0.25, 0.3) is 5.91 Å². The number of hydrogen-bond donors (Lipinski definition) is 1. The molecule has 0 radical (unpaired) electrons. The smallest absolute Gasteiger partial charge is 0.255 e. The minimum Gasteiger partial charge on any atom is -0.395 e. The molecule has 0 unspecified atom stereocenters. The number of carbonyl (C=O) groups excluding carboxylic acids is 1. The van der Waals surface area contributed by atoms with E-state index < -0.39 is 0 Å². The van der Waals surface area contributed by atoms with Gasteiger partial charge in [-0.25, -0.2) is 0 Å². The fraction of sp³-hybridized carbons (Fsp3) is 0.417. The first-order valence-corrected chi connectivity index (χ1v) is 6.10. The van der Waals surface area contributed by atoms with E-state index in [1.54, 1.807) is 23.1 Å². The number of aliphatic hydroxyl groups is 1. The monoisotopic (exact) mass is 275 g/mol. The standard InChI is InChI=1S/C12H15Cl2NO2/c1-8(2)15(5-6-16)12(17)10-7-9(13)3-4-11(10)14/h3-4,7-8,16H,5-6H2,1-2H3. The van der Waals surface area contributed by atoms with E-state index in [9.17, 15) is 4.79 Å². The number of hydrogen-bond acceptors (Lipinski definition) is 2. The summed E-state index contributed by atoms with van der Waals surface area (Å²) in [6, 6.07) is 4.75. The molecule has 1 amide bonds. The lowest BCUT2D eigenvalue weighted by atomic mass is 10.1. The van der Waals surface area contributed by atoms with Gasteiger partial charge in [-0.05, 0) is 32.0 Å². The number of halogens is 2. The third-order valence-corrected chi connectivity index (χ3v) is 2.95. The average Bonchev–Trinajstić information content (AvgIpc) is 2.28. The third kappa shape index (κ3) is 3.60.